The summed E-state index contributed by atoms with van der Waals surface area (Å²) in [7, 11) is 0. The van der Waals surface area contributed by atoms with Crippen molar-refractivity contribution in [3.05, 3.63) is 36.0 Å². The van der Waals surface area contributed by atoms with Crippen molar-refractivity contribution in [2.24, 2.45) is 0 Å². The van der Waals surface area contributed by atoms with E-state index in [2.05, 4.69) is 25.4 Å². The molecule has 0 saturated carbocycles. The number of carbonyl (C=O) groups excluding carboxylic acids is 1. The molecule has 0 bridgehead atoms. The number of nitrogens with one attached hydrogen (secondary N) is 1. The quantitative estimate of drug-likeness (QED) is 0.893. The predicted octanol–water partition coefficient (Wildman–Crippen LogP) is 1.55. The van der Waals surface area contributed by atoms with E-state index in [9.17, 15) is 4.79 Å². The summed E-state index contributed by atoms with van der Waals surface area (Å²) >= 11 is 0. The molecule has 1 N–H and O–H groups in total. The zero-order chi connectivity index (χ0) is 16.8. The number of amides is 2. The number of urea groups is 1. The van der Waals surface area contributed by atoms with E-state index in [1.165, 1.54) is 0 Å². The van der Waals surface area contributed by atoms with E-state index in [0.29, 0.717) is 31.2 Å². The number of carbonyl (C=O) groups is 1. The number of hydrogen-bond donors (Lipinski definition) is 1. The fourth-order valence-electron chi connectivity index (χ4n) is 2.87. The molecular formula is C16H22N6O2. The fraction of sp³-hybridized carbons (Fsp3) is 0.562. The van der Waals surface area contributed by atoms with Crippen molar-refractivity contribution in [1.82, 2.24) is 30.3 Å². The lowest BCUT2D eigenvalue weighted by Gasteiger charge is -2.32. The minimum Gasteiger partial charge on any atom is -0.339 e. The molecule has 128 valence electrons. The van der Waals surface area contributed by atoms with Crippen LogP contribution in [0.2, 0.25) is 0 Å². The number of likely N-dealkylation sites (tertiary alicyclic amines) is 1. The molecule has 1 aliphatic heterocycles. The fourth-order valence-corrected chi connectivity index (χ4v) is 2.87. The van der Waals surface area contributed by atoms with E-state index in [1.807, 2.05) is 17.9 Å². The summed E-state index contributed by atoms with van der Waals surface area (Å²) in [5.41, 5.74) is 1.00. The summed E-state index contributed by atoms with van der Waals surface area (Å²) in [4.78, 5) is 26.7. The van der Waals surface area contributed by atoms with Gasteiger partial charge in [0.25, 0.3) is 0 Å². The molecule has 2 aromatic rings. The third-order valence-electron chi connectivity index (χ3n) is 4.17. The van der Waals surface area contributed by atoms with E-state index in [4.69, 9.17) is 4.52 Å². The van der Waals surface area contributed by atoms with Gasteiger partial charge in [-0.3, -0.25) is 0 Å². The van der Waals surface area contributed by atoms with Crippen molar-refractivity contribution in [2.75, 3.05) is 19.6 Å². The van der Waals surface area contributed by atoms with Gasteiger partial charge in [-0.1, -0.05) is 12.1 Å². The second-order valence-electron chi connectivity index (χ2n) is 5.86. The van der Waals surface area contributed by atoms with E-state index in [1.54, 1.807) is 12.5 Å². The highest BCUT2D eigenvalue weighted by Gasteiger charge is 2.25. The molecule has 2 amide bonds. The van der Waals surface area contributed by atoms with Crippen molar-refractivity contribution < 1.29 is 9.32 Å². The highest BCUT2D eigenvalue weighted by molar-refractivity contribution is 5.74. The van der Waals surface area contributed by atoms with Gasteiger partial charge in [-0.25, -0.2) is 14.8 Å². The minimum atomic E-state index is -0.0482. The van der Waals surface area contributed by atoms with Gasteiger partial charge < -0.3 is 14.7 Å². The second kappa shape index (κ2) is 7.85. The van der Waals surface area contributed by atoms with Crippen LogP contribution in [-0.2, 0) is 12.8 Å². The molecule has 1 unspecified atom stereocenters. The molecular weight excluding hydrogens is 308 g/mol. The summed E-state index contributed by atoms with van der Waals surface area (Å²) in [6.45, 7) is 3.92. The largest absolute Gasteiger partial charge is 0.339 e. The van der Waals surface area contributed by atoms with Crippen LogP contribution >= 0.6 is 0 Å². The van der Waals surface area contributed by atoms with Gasteiger partial charge in [0, 0.05) is 50.3 Å². The van der Waals surface area contributed by atoms with Crippen LogP contribution in [-0.4, -0.2) is 50.7 Å². The van der Waals surface area contributed by atoms with Gasteiger partial charge in [-0.15, -0.1) is 0 Å². The molecule has 0 radical (unpaired) electrons. The first-order chi connectivity index (χ1) is 11.8. The molecule has 1 aliphatic rings. The molecule has 0 aromatic carbocycles. The molecule has 0 aliphatic carbocycles. The highest BCUT2D eigenvalue weighted by Crippen LogP contribution is 2.24. The van der Waals surface area contributed by atoms with Gasteiger partial charge >= 0.3 is 6.03 Å². The molecule has 3 rings (SSSR count). The Kier molecular flexibility index (Phi) is 5.35. The lowest BCUT2D eigenvalue weighted by molar-refractivity contribution is 0.179. The van der Waals surface area contributed by atoms with Crippen LogP contribution in [0.15, 0.2) is 23.1 Å². The number of aryl methyl sites for hydroxylation is 1. The number of rotatable bonds is 5. The lowest BCUT2D eigenvalue weighted by atomic mass is 9.95. The van der Waals surface area contributed by atoms with Crippen molar-refractivity contribution in [2.45, 2.75) is 38.5 Å². The standard InChI is InChI=1S/C16H22N6O2/c1-2-15-20-14(21-24-15)6-8-18-16(23)22-9-3-4-12(10-22)13-5-7-17-11-19-13/h5,7,11-12H,2-4,6,8-10H2,1H3,(H,18,23). The Balaban J connectivity index is 1.47. The van der Waals surface area contributed by atoms with Crippen LogP contribution in [0.25, 0.3) is 0 Å². The lowest BCUT2D eigenvalue weighted by Crippen LogP contribution is -2.45. The van der Waals surface area contributed by atoms with E-state index >= 15 is 0 Å². The van der Waals surface area contributed by atoms with Crippen LogP contribution in [0.5, 0.6) is 0 Å². The zero-order valence-electron chi connectivity index (χ0n) is 13.8. The van der Waals surface area contributed by atoms with E-state index < -0.39 is 0 Å². The summed E-state index contributed by atoms with van der Waals surface area (Å²) in [5.74, 6) is 1.53. The number of hydrogen-bond acceptors (Lipinski definition) is 6. The van der Waals surface area contributed by atoms with Crippen LogP contribution in [0.1, 0.15) is 43.1 Å². The Bertz CT molecular complexity index is 660. The molecule has 24 heavy (non-hydrogen) atoms. The van der Waals surface area contributed by atoms with Gasteiger partial charge in [-0.2, -0.15) is 4.98 Å². The smallest absolute Gasteiger partial charge is 0.317 e. The first-order valence-electron chi connectivity index (χ1n) is 8.36. The summed E-state index contributed by atoms with van der Waals surface area (Å²) in [6.07, 6.45) is 6.62. The zero-order valence-corrected chi connectivity index (χ0v) is 13.8. The third-order valence-corrected chi connectivity index (χ3v) is 4.17. The van der Waals surface area contributed by atoms with Crippen molar-refractivity contribution in [3.8, 4) is 0 Å². The molecule has 1 saturated heterocycles. The molecule has 3 heterocycles. The first-order valence-corrected chi connectivity index (χ1v) is 8.36. The van der Waals surface area contributed by atoms with Gasteiger partial charge in [0.05, 0.1) is 0 Å². The molecule has 2 aromatic heterocycles. The SMILES string of the molecule is CCc1nc(CCNC(=O)N2CCCC(c3ccncn3)C2)no1. The van der Waals surface area contributed by atoms with Gasteiger partial charge in [0.1, 0.15) is 6.33 Å². The average molecular weight is 330 g/mol. The summed E-state index contributed by atoms with van der Waals surface area (Å²) in [6, 6.07) is 1.88. The Morgan fingerprint density at radius 1 is 1.50 bits per heavy atom. The van der Waals surface area contributed by atoms with E-state index in [-0.39, 0.29) is 11.9 Å². The Hall–Kier alpha value is -2.51. The molecule has 0 spiro atoms. The van der Waals surface area contributed by atoms with Crippen molar-refractivity contribution in [3.63, 3.8) is 0 Å². The van der Waals surface area contributed by atoms with E-state index in [0.717, 1.165) is 31.5 Å². The number of piperidine rings is 1. The summed E-state index contributed by atoms with van der Waals surface area (Å²) in [5, 5.41) is 6.82. The Morgan fingerprint density at radius 3 is 3.17 bits per heavy atom. The maximum absolute atomic E-state index is 12.3. The van der Waals surface area contributed by atoms with Gasteiger partial charge in [0.15, 0.2) is 5.82 Å². The van der Waals surface area contributed by atoms with Crippen LogP contribution in [0.3, 0.4) is 0 Å². The van der Waals surface area contributed by atoms with Crippen molar-refractivity contribution >= 4 is 6.03 Å². The van der Waals surface area contributed by atoms with Crippen LogP contribution in [0.4, 0.5) is 4.79 Å². The molecule has 1 fully saturated rings. The minimum absolute atomic E-state index is 0.0482. The Morgan fingerprint density at radius 2 is 2.42 bits per heavy atom. The Labute approximate surface area is 140 Å². The maximum Gasteiger partial charge on any atom is 0.317 e. The molecule has 8 heteroatoms. The predicted molar refractivity (Wildman–Crippen MR) is 86.4 cm³/mol. The third kappa shape index (κ3) is 4.06. The number of nitrogens with zero attached hydrogens (tertiary/aromatic N) is 5. The highest BCUT2D eigenvalue weighted by atomic mass is 16.5. The van der Waals surface area contributed by atoms with Crippen molar-refractivity contribution in [1.29, 1.82) is 0 Å². The topological polar surface area (TPSA) is 97.0 Å². The second-order valence-corrected chi connectivity index (χ2v) is 5.86. The normalized spacial score (nSPS) is 17.7. The van der Waals surface area contributed by atoms with Crippen LogP contribution in [0, 0.1) is 0 Å². The average Bonchev–Trinajstić information content (AvgIpc) is 3.10. The summed E-state index contributed by atoms with van der Waals surface area (Å²) < 4.78 is 5.05. The van der Waals surface area contributed by atoms with Gasteiger partial charge in [0.2, 0.25) is 5.89 Å². The van der Waals surface area contributed by atoms with Gasteiger partial charge in [-0.05, 0) is 18.9 Å². The number of aromatic nitrogens is 4. The maximum atomic E-state index is 12.3. The molecule has 1 atom stereocenters. The van der Waals surface area contributed by atoms with Crippen LogP contribution < -0.4 is 5.32 Å². The first kappa shape index (κ1) is 16.4. The monoisotopic (exact) mass is 330 g/mol. The molecule has 8 nitrogen and oxygen atoms in total.